The van der Waals surface area contributed by atoms with Gasteiger partial charge >= 0.3 is 0 Å². The van der Waals surface area contributed by atoms with E-state index in [0.717, 1.165) is 17.8 Å². The quantitative estimate of drug-likeness (QED) is 0.744. The summed E-state index contributed by atoms with van der Waals surface area (Å²) < 4.78 is 0. The molecule has 0 unspecified atom stereocenters. The van der Waals surface area contributed by atoms with E-state index in [4.69, 9.17) is 5.73 Å². The van der Waals surface area contributed by atoms with E-state index < -0.39 is 0 Å². The number of imidazole rings is 1. The third kappa shape index (κ3) is 2.85. The summed E-state index contributed by atoms with van der Waals surface area (Å²) in [5.74, 6) is 0.189. The van der Waals surface area contributed by atoms with Crippen LogP contribution in [0.3, 0.4) is 0 Å². The van der Waals surface area contributed by atoms with E-state index in [2.05, 4.69) is 20.3 Å². The Balaban J connectivity index is 2.06. The lowest BCUT2D eigenvalue weighted by atomic mass is 10.2. The molecule has 18 heavy (non-hydrogen) atoms. The van der Waals surface area contributed by atoms with Gasteiger partial charge < -0.3 is 16.0 Å². The number of rotatable bonds is 4. The number of pyridine rings is 1. The summed E-state index contributed by atoms with van der Waals surface area (Å²) in [6, 6.07) is 3.32. The zero-order valence-electron chi connectivity index (χ0n) is 10.1. The monoisotopic (exact) mass is 245 g/mol. The lowest BCUT2D eigenvalue weighted by molar-refractivity contribution is 0.0950. The number of H-pyrrole nitrogens is 1. The minimum atomic E-state index is -0.173. The Kier molecular flexibility index (Phi) is 3.57. The van der Waals surface area contributed by atoms with Gasteiger partial charge in [0.1, 0.15) is 5.82 Å². The average molecular weight is 245 g/mol. The first kappa shape index (κ1) is 12.1. The fourth-order valence-electron chi connectivity index (χ4n) is 1.58. The maximum Gasteiger partial charge on any atom is 0.251 e. The van der Waals surface area contributed by atoms with Gasteiger partial charge in [0.05, 0.1) is 18.6 Å². The van der Waals surface area contributed by atoms with Gasteiger partial charge in [0.2, 0.25) is 0 Å². The Bertz CT molecular complexity index is 535. The third-order valence-electron chi connectivity index (χ3n) is 2.52. The SMILES string of the molecule is CCc1cc(C(=O)NCc2cnc[nH]2)cc(N)n1. The highest BCUT2D eigenvalue weighted by molar-refractivity contribution is 5.94. The molecular weight excluding hydrogens is 230 g/mol. The van der Waals surface area contributed by atoms with Crippen molar-refractivity contribution in [1.82, 2.24) is 20.3 Å². The van der Waals surface area contributed by atoms with Crippen LogP contribution in [0.4, 0.5) is 5.82 Å². The molecule has 0 radical (unpaired) electrons. The molecule has 6 heteroatoms. The molecule has 0 fully saturated rings. The van der Waals surface area contributed by atoms with Crippen molar-refractivity contribution in [3.05, 3.63) is 41.6 Å². The standard InChI is InChI=1S/C12H15N5O/c1-2-9-3-8(4-11(13)17-9)12(18)15-6-10-5-14-7-16-10/h3-5,7H,2,6H2,1H3,(H2,13,17)(H,14,16)(H,15,18). The molecule has 0 aliphatic rings. The van der Waals surface area contributed by atoms with Gasteiger partial charge in [0.25, 0.3) is 5.91 Å². The molecule has 0 aliphatic heterocycles. The number of amides is 1. The number of nitrogens with two attached hydrogens (primary N) is 1. The maximum absolute atomic E-state index is 11.9. The van der Waals surface area contributed by atoms with Crippen molar-refractivity contribution in [2.45, 2.75) is 19.9 Å². The molecule has 4 N–H and O–H groups in total. The molecule has 0 atom stereocenters. The summed E-state index contributed by atoms with van der Waals surface area (Å²) in [6.07, 6.45) is 3.98. The lowest BCUT2D eigenvalue weighted by Gasteiger charge is -2.06. The Hall–Kier alpha value is -2.37. The summed E-state index contributed by atoms with van der Waals surface area (Å²) in [4.78, 5) is 22.9. The number of nitrogens with zero attached hydrogens (tertiary/aromatic N) is 2. The van der Waals surface area contributed by atoms with Crippen molar-refractivity contribution < 1.29 is 4.79 Å². The molecule has 2 aromatic rings. The van der Waals surface area contributed by atoms with E-state index in [-0.39, 0.29) is 5.91 Å². The molecule has 0 spiro atoms. The first-order valence-corrected chi connectivity index (χ1v) is 5.71. The van der Waals surface area contributed by atoms with Gasteiger partial charge in [-0.3, -0.25) is 4.79 Å². The van der Waals surface area contributed by atoms with Crippen LogP contribution in [0.1, 0.15) is 28.7 Å². The average Bonchev–Trinajstić information content (AvgIpc) is 2.88. The molecule has 2 aromatic heterocycles. The largest absolute Gasteiger partial charge is 0.384 e. The van der Waals surface area contributed by atoms with E-state index in [0.29, 0.717) is 17.9 Å². The predicted molar refractivity (Wildman–Crippen MR) is 67.8 cm³/mol. The molecule has 6 nitrogen and oxygen atoms in total. The van der Waals surface area contributed by atoms with Crippen molar-refractivity contribution in [3.63, 3.8) is 0 Å². The van der Waals surface area contributed by atoms with Gasteiger partial charge in [-0.05, 0) is 18.6 Å². The van der Waals surface area contributed by atoms with Gasteiger partial charge in [-0.25, -0.2) is 9.97 Å². The zero-order chi connectivity index (χ0) is 13.0. The molecule has 94 valence electrons. The number of aryl methyl sites for hydroxylation is 1. The number of hydrogen-bond donors (Lipinski definition) is 3. The van der Waals surface area contributed by atoms with Gasteiger partial charge in [-0.2, -0.15) is 0 Å². The van der Waals surface area contributed by atoms with Crippen LogP contribution < -0.4 is 11.1 Å². The minimum absolute atomic E-state index is 0.173. The van der Waals surface area contributed by atoms with Crippen molar-refractivity contribution in [3.8, 4) is 0 Å². The number of aromatic nitrogens is 3. The van der Waals surface area contributed by atoms with Crippen LogP contribution in [0.25, 0.3) is 0 Å². The van der Waals surface area contributed by atoms with Crippen molar-refractivity contribution in [1.29, 1.82) is 0 Å². The van der Waals surface area contributed by atoms with Crippen LogP contribution >= 0.6 is 0 Å². The highest BCUT2D eigenvalue weighted by Gasteiger charge is 2.08. The van der Waals surface area contributed by atoms with E-state index in [1.54, 1.807) is 24.7 Å². The summed E-state index contributed by atoms with van der Waals surface area (Å²) >= 11 is 0. The molecule has 2 heterocycles. The molecule has 2 rings (SSSR count). The molecular formula is C12H15N5O. The van der Waals surface area contributed by atoms with Crippen LogP contribution in [0, 0.1) is 0 Å². The highest BCUT2D eigenvalue weighted by atomic mass is 16.1. The number of nitrogen functional groups attached to an aromatic ring is 1. The van der Waals surface area contributed by atoms with E-state index in [1.807, 2.05) is 6.92 Å². The summed E-state index contributed by atoms with van der Waals surface area (Å²) in [6.45, 7) is 2.37. The molecule has 1 amide bonds. The van der Waals surface area contributed by atoms with Crippen LogP contribution in [-0.2, 0) is 13.0 Å². The molecule has 0 bridgehead atoms. The summed E-state index contributed by atoms with van der Waals surface area (Å²) in [5, 5.41) is 2.79. The number of aromatic amines is 1. The summed E-state index contributed by atoms with van der Waals surface area (Å²) in [5.41, 5.74) is 7.84. The topological polar surface area (TPSA) is 96.7 Å². The molecule has 0 saturated heterocycles. The van der Waals surface area contributed by atoms with Crippen LogP contribution in [-0.4, -0.2) is 20.9 Å². The minimum Gasteiger partial charge on any atom is -0.384 e. The van der Waals surface area contributed by atoms with Crippen LogP contribution in [0.5, 0.6) is 0 Å². The zero-order valence-corrected chi connectivity index (χ0v) is 10.1. The Labute approximate surface area is 105 Å². The Morgan fingerprint density at radius 2 is 2.33 bits per heavy atom. The Morgan fingerprint density at radius 1 is 1.50 bits per heavy atom. The second-order valence-corrected chi connectivity index (χ2v) is 3.89. The lowest BCUT2D eigenvalue weighted by Crippen LogP contribution is -2.23. The third-order valence-corrected chi connectivity index (χ3v) is 2.52. The molecule has 0 aliphatic carbocycles. The second-order valence-electron chi connectivity index (χ2n) is 3.89. The van der Waals surface area contributed by atoms with Gasteiger partial charge in [-0.15, -0.1) is 0 Å². The Morgan fingerprint density at radius 3 is 3.00 bits per heavy atom. The number of hydrogen-bond acceptors (Lipinski definition) is 4. The fourth-order valence-corrected chi connectivity index (χ4v) is 1.58. The van der Waals surface area contributed by atoms with Crippen molar-refractivity contribution in [2.75, 3.05) is 5.73 Å². The fraction of sp³-hybridized carbons (Fsp3) is 0.250. The van der Waals surface area contributed by atoms with Gasteiger partial charge in [-0.1, -0.05) is 6.92 Å². The highest BCUT2D eigenvalue weighted by Crippen LogP contribution is 2.08. The van der Waals surface area contributed by atoms with Gasteiger partial charge in [0.15, 0.2) is 0 Å². The number of nitrogens with one attached hydrogen (secondary N) is 2. The first-order valence-electron chi connectivity index (χ1n) is 5.71. The number of carbonyl (C=O) groups is 1. The van der Waals surface area contributed by atoms with Crippen molar-refractivity contribution in [2.24, 2.45) is 0 Å². The summed E-state index contributed by atoms with van der Waals surface area (Å²) in [7, 11) is 0. The van der Waals surface area contributed by atoms with E-state index in [1.165, 1.54) is 0 Å². The number of anilines is 1. The maximum atomic E-state index is 11.9. The first-order chi connectivity index (χ1) is 8.69. The van der Waals surface area contributed by atoms with Gasteiger partial charge in [0, 0.05) is 17.5 Å². The van der Waals surface area contributed by atoms with Crippen molar-refractivity contribution >= 4 is 11.7 Å². The molecule has 0 saturated carbocycles. The second kappa shape index (κ2) is 5.31. The van der Waals surface area contributed by atoms with E-state index >= 15 is 0 Å². The number of carbonyl (C=O) groups excluding carboxylic acids is 1. The molecule has 0 aromatic carbocycles. The predicted octanol–water partition coefficient (Wildman–Crippen LogP) is 0.879. The normalized spacial score (nSPS) is 10.3. The smallest absolute Gasteiger partial charge is 0.251 e. The van der Waals surface area contributed by atoms with Crippen LogP contribution in [0.2, 0.25) is 0 Å². The van der Waals surface area contributed by atoms with E-state index in [9.17, 15) is 4.79 Å². The van der Waals surface area contributed by atoms with Crippen LogP contribution in [0.15, 0.2) is 24.7 Å².